The first kappa shape index (κ1) is 12.6. The summed E-state index contributed by atoms with van der Waals surface area (Å²) in [6, 6.07) is 15.7. The molecule has 0 fully saturated rings. The van der Waals surface area contributed by atoms with Crippen molar-refractivity contribution in [3.05, 3.63) is 71.3 Å². The zero-order valence-corrected chi connectivity index (χ0v) is 11.7. The molecule has 4 rings (SSSR count). The molecule has 2 aromatic heterocycles. The standard InChI is InChI=1S/C17H13N3O2/c21-16-11-20-15(12-5-2-1-3-6-12)10-13(17(20)19-18-16)9-14-7-4-8-22-14/h1-10H,11H2,(H,18,21)/b13-9-. The second-order valence-electron chi connectivity index (χ2n) is 5.07. The summed E-state index contributed by atoms with van der Waals surface area (Å²) < 4.78 is 7.29. The minimum atomic E-state index is -0.121. The predicted octanol–water partition coefficient (Wildman–Crippen LogP) is 1.24. The Morgan fingerprint density at radius 1 is 1.18 bits per heavy atom. The fourth-order valence-electron chi connectivity index (χ4n) is 2.62. The maximum Gasteiger partial charge on any atom is 0.260 e. The van der Waals surface area contributed by atoms with Crippen LogP contribution in [-0.4, -0.2) is 10.5 Å². The molecule has 3 aromatic rings. The molecule has 1 aliphatic rings. The lowest BCUT2D eigenvalue weighted by molar-refractivity contribution is -0.122. The van der Waals surface area contributed by atoms with E-state index in [1.54, 1.807) is 6.26 Å². The molecular weight excluding hydrogens is 278 g/mol. The van der Waals surface area contributed by atoms with Gasteiger partial charge in [-0.2, -0.15) is 5.10 Å². The van der Waals surface area contributed by atoms with E-state index >= 15 is 0 Å². The predicted molar refractivity (Wildman–Crippen MR) is 81.1 cm³/mol. The zero-order valence-electron chi connectivity index (χ0n) is 11.7. The van der Waals surface area contributed by atoms with Gasteiger partial charge in [0.25, 0.3) is 5.91 Å². The Balaban J connectivity index is 1.98. The number of nitrogens with zero attached hydrogens (tertiary/aromatic N) is 2. The minimum Gasteiger partial charge on any atom is -0.465 e. The molecule has 0 saturated heterocycles. The summed E-state index contributed by atoms with van der Waals surface area (Å²) in [5.74, 6) is 0.630. The first-order valence-electron chi connectivity index (χ1n) is 6.98. The van der Waals surface area contributed by atoms with Gasteiger partial charge in [-0.1, -0.05) is 30.3 Å². The summed E-state index contributed by atoms with van der Waals surface area (Å²) in [5.41, 5.74) is 5.28. The van der Waals surface area contributed by atoms with Gasteiger partial charge in [0.1, 0.15) is 12.3 Å². The maximum absolute atomic E-state index is 11.7. The number of furan rings is 1. The fraction of sp³-hybridized carbons (Fsp3) is 0.0588. The zero-order chi connectivity index (χ0) is 14.9. The van der Waals surface area contributed by atoms with Gasteiger partial charge >= 0.3 is 0 Å². The fourth-order valence-corrected chi connectivity index (χ4v) is 2.62. The highest BCUT2D eigenvalue weighted by molar-refractivity contribution is 5.77. The first-order valence-corrected chi connectivity index (χ1v) is 6.98. The van der Waals surface area contributed by atoms with Gasteiger partial charge in [0, 0.05) is 5.22 Å². The Hall–Kier alpha value is -3.08. The molecule has 0 saturated carbocycles. The van der Waals surface area contributed by atoms with Gasteiger partial charge in [0.15, 0.2) is 5.49 Å². The summed E-state index contributed by atoms with van der Waals surface area (Å²) in [4.78, 5) is 11.7. The molecule has 1 aliphatic heterocycles. The third-order valence-corrected chi connectivity index (χ3v) is 3.60. The molecule has 0 bridgehead atoms. The van der Waals surface area contributed by atoms with Crippen LogP contribution in [0.15, 0.2) is 64.3 Å². The number of rotatable bonds is 2. The molecule has 3 heterocycles. The van der Waals surface area contributed by atoms with E-state index in [1.807, 2.05) is 59.2 Å². The van der Waals surface area contributed by atoms with Crippen molar-refractivity contribution in [2.24, 2.45) is 5.10 Å². The third-order valence-electron chi connectivity index (χ3n) is 3.60. The van der Waals surface area contributed by atoms with E-state index in [2.05, 4.69) is 10.5 Å². The van der Waals surface area contributed by atoms with Crippen LogP contribution in [0, 0.1) is 0 Å². The Bertz CT molecular complexity index is 938. The van der Waals surface area contributed by atoms with E-state index in [9.17, 15) is 4.79 Å². The molecule has 0 spiro atoms. The SMILES string of the molecule is O=C1Cn2c(-c3ccccc3)c/c(=C/c3ccco3)c2=NN1. The highest BCUT2D eigenvalue weighted by Gasteiger charge is 2.16. The van der Waals surface area contributed by atoms with Gasteiger partial charge in [0.05, 0.1) is 12.0 Å². The highest BCUT2D eigenvalue weighted by atomic mass is 16.3. The lowest BCUT2D eigenvalue weighted by atomic mass is 10.1. The number of hydrogen-bond donors (Lipinski definition) is 1. The van der Waals surface area contributed by atoms with Crippen LogP contribution >= 0.6 is 0 Å². The first-order chi connectivity index (χ1) is 10.8. The number of carbonyl (C=O) groups excluding carboxylic acids is 1. The Kier molecular flexibility index (Phi) is 2.89. The molecule has 1 N–H and O–H groups in total. The summed E-state index contributed by atoms with van der Waals surface area (Å²) in [7, 11) is 0. The van der Waals surface area contributed by atoms with Gasteiger partial charge in [-0.05, 0) is 29.8 Å². The summed E-state index contributed by atoms with van der Waals surface area (Å²) in [5, 5.41) is 5.10. The number of nitrogens with one attached hydrogen (secondary N) is 1. The average Bonchev–Trinajstić information content (AvgIpc) is 3.17. The van der Waals surface area contributed by atoms with Crippen LogP contribution in [0.3, 0.4) is 0 Å². The second kappa shape index (κ2) is 5.04. The van der Waals surface area contributed by atoms with Gasteiger partial charge in [-0.25, -0.2) is 5.43 Å². The number of benzene rings is 1. The van der Waals surface area contributed by atoms with Crippen LogP contribution in [0.1, 0.15) is 5.76 Å². The van der Waals surface area contributed by atoms with Gasteiger partial charge < -0.3 is 8.98 Å². The number of carbonyl (C=O) groups is 1. The monoisotopic (exact) mass is 291 g/mol. The van der Waals surface area contributed by atoms with Crippen LogP contribution in [-0.2, 0) is 11.3 Å². The number of fused-ring (bicyclic) bond motifs is 1. The summed E-state index contributed by atoms with van der Waals surface area (Å²) in [6.45, 7) is 0.259. The molecule has 108 valence electrons. The molecule has 0 atom stereocenters. The van der Waals surface area contributed by atoms with Crippen LogP contribution < -0.4 is 16.1 Å². The molecule has 22 heavy (non-hydrogen) atoms. The lowest BCUT2D eigenvalue weighted by Gasteiger charge is -2.12. The molecule has 0 aliphatic carbocycles. The van der Waals surface area contributed by atoms with Gasteiger partial charge in [0.2, 0.25) is 0 Å². The summed E-state index contributed by atoms with van der Waals surface area (Å²) >= 11 is 0. The lowest BCUT2D eigenvalue weighted by Crippen LogP contribution is -2.42. The largest absolute Gasteiger partial charge is 0.465 e. The third kappa shape index (κ3) is 2.13. The van der Waals surface area contributed by atoms with Crippen molar-refractivity contribution in [2.45, 2.75) is 6.54 Å². The average molecular weight is 291 g/mol. The van der Waals surface area contributed by atoms with Crippen LogP contribution in [0.4, 0.5) is 0 Å². The summed E-state index contributed by atoms with van der Waals surface area (Å²) in [6.07, 6.45) is 3.55. The van der Waals surface area contributed by atoms with Gasteiger partial charge in [-0.3, -0.25) is 4.79 Å². The van der Waals surface area contributed by atoms with E-state index in [0.717, 1.165) is 27.7 Å². The number of aromatic nitrogens is 1. The maximum atomic E-state index is 11.7. The molecule has 5 heteroatoms. The van der Waals surface area contributed by atoms with Crippen molar-refractivity contribution < 1.29 is 9.21 Å². The van der Waals surface area contributed by atoms with E-state index in [-0.39, 0.29) is 12.5 Å². The normalized spacial score (nSPS) is 14.4. The van der Waals surface area contributed by atoms with Crippen molar-refractivity contribution >= 4 is 12.0 Å². The van der Waals surface area contributed by atoms with Crippen molar-refractivity contribution in [1.82, 2.24) is 9.99 Å². The van der Waals surface area contributed by atoms with Crippen molar-refractivity contribution in [2.75, 3.05) is 0 Å². The van der Waals surface area contributed by atoms with E-state index in [4.69, 9.17) is 4.42 Å². The Labute approximate surface area is 126 Å². The molecular formula is C17H13N3O2. The van der Waals surface area contributed by atoms with Crippen LogP contribution in [0.5, 0.6) is 0 Å². The van der Waals surface area contributed by atoms with Crippen molar-refractivity contribution in [3.63, 3.8) is 0 Å². The Morgan fingerprint density at radius 2 is 2.05 bits per heavy atom. The Morgan fingerprint density at radius 3 is 2.82 bits per heavy atom. The van der Waals surface area contributed by atoms with E-state index < -0.39 is 0 Å². The highest BCUT2D eigenvalue weighted by Crippen LogP contribution is 2.17. The molecule has 1 aromatic carbocycles. The molecule has 0 radical (unpaired) electrons. The smallest absolute Gasteiger partial charge is 0.260 e. The second-order valence-corrected chi connectivity index (χ2v) is 5.07. The van der Waals surface area contributed by atoms with Crippen LogP contribution in [0.2, 0.25) is 0 Å². The van der Waals surface area contributed by atoms with Crippen LogP contribution in [0.25, 0.3) is 17.3 Å². The van der Waals surface area contributed by atoms with Gasteiger partial charge in [-0.15, -0.1) is 0 Å². The van der Waals surface area contributed by atoms with Crippen molar-refractivity contribution in [1.29, 1.82) is 0 Å². The molecule has 0 unspecified atom stereocenters. The van der Waals surface area contributed by atoms with E-state index in [0.29, 0.717) is 0 Å². The quantitative estimate of drug-likeness (QED) is 0.772. The topological polar surface area (TPSA) is 59.5 Å². The van der Waals surface area contributed by atoms with E-state index in [1.165, 1.54) is 0 Å². The van der Waals surface area contributed by atoms with Crippen molar-refractivity contribution in [3.8, 4) is 11.3 Å². The molecule has 1 amide bonds. The number of hydrogen-bond acceptors (Lipinski definition) is 3. The molecule has 5 nitrogen and oxygen atoms in total. The number of amides is 1. The minimum absolute atomic E-state index is 0.121.